The largest absolute Gasteiger partial charge is 0.358 e. The van der Waals surface area contributed by atoms with Crippen molar-refractivity contribution in [1.82, 2.24) is 9.97 Å². The summed E-state index contributed by atoms with van der Waals surface area (Å²) in [5, 5.41) is 4.04. The van der Waals surface area contributed by atoms with E-state index in [0.29, 0.717) is 6.42 Å². The third-order valence-electron chi connectivity index (χ3n) is 4.88. The maximum atomic E-state index is 12.5. The van der Waals surface area contributed by atoms with E-state index in [1.165, 1.54) is 12.8 Å². The van der Waals surface area contributed by atoms with Crippen LogP contribution < -0.4 is 10.2 Å². The highest BCUT2D eigenvalue weighted by molar-refractivity contribution is 9.10. The molecule has 0 saturated carbocycles. The van der Waals surface area contributed by atoms with Crippen molar-refractivity contribution < 1.29 is 4.79 Å². The summed E-state index contributed by atoms with van der Waals surface area (Å²) >= 11 is 3.50. The lowest BCUT2D eigenvalue weighted by Crippen LogP contribution is -2.19. The molecule has 1 amide bonds. The zero-order chi connectivity index (χ0) is 18.1. The number of aromatic amines is 1. The first-order valence-electron chi connectivity index (χ1n) is 8.88. The van der Waals surface area contributed by atoms with Crippen LogP contribution in [0.2, 0.25) is 0 Å². The second kappa shape index (κ2) is 7.11. The van der Waals surface area contributed by atoms with E-state index in [4.69, 9.17) is 0 Å². The van der Waals surface area contributed by atoms with Gasteiger partial charge in [0.15, 0.2) is 0 Å². The van der Waals surface area contributed by atoms with Crippen molar-refractivity contribution in [2.75, 3.05) is 23.3 Å². The van der Waals surface area contributed by atoms with Crippen LogP contribution in [0, 0.1) is 6.92 Å². The molecule has 2 N–H and O–H groups in total. The number of amides is 1. The molecule has 0 bridgehead atoms. The number of anilines is 2. The number of halogens is 1. The fourth-order valence-electron chi connectivity index (χ4n) is 3.54. The lowest BCUT2D eigenvalue weighted by molar-refractivity contribution is -0.115. The quantitative estimate of drug-likeness (QED) is 0.666. The van der Waals surface area contributed by atoms with E-state index in [1.807, 2.05) is 37.3 Å². The van der Waals surface area contributed by atoms with Crippen molar-refractivity contribution >= 4 is 44.2 Å². The second-order valence-corrected chi connectivity index (χ2v) is 7.66. The van der Waals surface area contributed by atoms with Crippen LogP contribution in [0.1, 0.15) is 24.1 Å². The molecule has 0 atom stereocenters. The van der Waals surface area contributed by atoms with E-state index in [-0.39, 0.29) is 5.91 Å². The number of nitrogens with zero attached hydrogens (tertiary/aromatic N) is 2. The van der Waals surface area contributed by atoms with Gasteiger partial charge in [0.05, 0.1) is 18.3 Å². The Labute approximate surface area is 160 Å². The molecule has 0 aliphatic carbocycles. The van der Waals surface area contributed by atoms with Gasteiger partial charge in [-0.3, -0.25) is 4.79 Å². The summed E-state index contributed by atoms with van der Waals surface area (Å²) in [5.74, 6) is 0.947. The summed E-state index contributed by atoms with van der Waals surface area (Å²) in [6.07, 6.45) is 4.51. The van der Waals surface area contributed by atoms with Crippen LogP contribution in [-0.2, 0) is 11.2 Å². The second-order valence-electron chi connectivity index (χ2n) is 6.74. The fraction of sp³-hybridized carbons (Fsp3) is 0.300. The van der Waals surface area contributed by atoms with Gasteiger partial charge < -0.3 is 15.2 Å². The first-order valence-corrected chi connectivity index (χ1v) is 9.67. The Hall–Kier alpha value is -2.34. The molecular weight excluding hydrogens is 392 g/mol. The number of rotatable bonds is 4. The first kappa shape index (κ1) is 17.1. The number of nitrogens with one attached hydrogen (secondary N) is 2. The van der Waals surface area contributed by atoms with Crippen molar-refractivity contribution in [3.63, 3.8) is 0 Å². The zero-order valence-corrected chi connectivity index (χ0v) is 16.3. The molecule has 2 aromatic heterocycles. The summed E-state index contributed by atoms with van der Waals surface area (Å²) in [7, 11) is 0. The molecule has 3 aromatic rings. The van der Waals surface area contributed by atoms with Gasteiger partial charge in [0, 0.05) is 34.2 Å². The lowest BCUT2D eigenvalue weighted by Gasteiger charge is -2.16. The minimum Gasteiger partial charge on any atom is -0.358 e. The minimum atomic E-state index is -0.0373. The summed E-state index contributed by atoms with van der Waals surface area (Å²) < 4.78 is 1.01. The van der Waals surface area contributed by atoms with Crippen LogP contribution in [0.3, 0.4) is 0 Å². The first-order chi connectivity index (χ1) is 12.6. The van der Waals surface area contributed by atoms with E-state index in [0.717, 1.165) is 51.2 Å². The number of aromatic nitrogens is 2. The molecule has 1 aliphatic heterocycles. The molecule has 1 aliphatic rings. The Bertz CT molecular complexity index is 942. The monoisotopic (exact) mass is 412 g/mol. The van der Waals surface area contributed by atoms with Crippen LogP contribution in [0.25, 0.3) is 10.9 Å². The Kier molecular flexibility index (Phi) is 4.68. The molecular formula is C20H21BrN4O. The predicted octanol–water partition coefficient (Wildman–Crippen LogP) is 4.42. The van der Waals surface area contributed by atoms with Crippen molar-refractivity contribution in [3.05, 3.63) is 52.3 Å². The maximum Gasteiger partial charge on any atom is 0.228 e. The van der Waals surface area contributed by atoms with Gasteiger partial charge in [-0.1, -0.05) is 15.9 Å². The third-order valence-corrected chi connectivity index (χ3v) is 5.37. The molecule has 5 nitrogen and oxygen atoms in total. The lowest BCUT2D eigenvalue weighted by atomic mass is 10.1. The zero-order valence-electron chi connectivity index (χ0n) is 14.7. The van der Waals surface area contributed by atoms with Crippen molar-refractivity contribution in [2.24, 2.45) is 0 Å². The molecule has 0 spiro atoms. The number of carbonyl (C=O) groups excluding carboxylic acids is 1. The number of hydrogen-bond acceptors (Lipinski definition) is 3. The fourth-order valence-corrected chi connectivity index (χ4v) is 3.90. The normalized spacial score (nSPS) is 14.2. The predicted molar refractivity (Wildman–Crippen MR) is 109 cm³/mol. The molecule has 0 radical (unpaired) electrons. The Morgan fingerprint density at radius 1 is 1.27 bits per heavy atom. The van der Waals surface area contributed by atoms with Gasteiger partial charge in [0.1, 0.15) is 5.82 Å². The molecule has 0 unspecified atom stereocenters. The summed E-state index contributed by atoms with van der Waals surface area (Å²) in [6, 6.07) is 9.98. The van der Waals surface area contributed by atoms with Crippen molar-refractivity contribution in [2.45, 2.75) is 26.2 Å². The SMILES string of the molecule is Cc1[nH]c2ccc(Br)cc2c1CC(=O)Nc1ccc(N2CCCC2)nc1. The number of hydrogen-bond donors (Lipinski definition) is 2. The number of aryl methyl sites for hydroxylation is 1. The number of benzene rings is 1. The van der Waals surface area contributed by atoms with Gasteiger partial charge in [-0.05, 0) is 55.7 Å². The van der Waals surface area contributed by atoms with E-state index in [2.05, 4.69) is 36.1 Å². The van der Waals surface area contributed by atoms with Crippen LogP contribution >= 0.6 is 15.9 Å². The summed E-state index contributed by atoms with van der Waals surface area (Å²) in [6.45, 7) is 4.13. The van der Waals surface area contributed by atoms with Gasteiger partial charge in [0.2, 0.25) is 5.91 Å². The standard InChI is InChI=1S/C20H21BrN4O/c1-13-16(17-10-14(21)4-6-18(17)23-13)11-20(26)24-15-5-7-19(22-12-15)25-8-2-3-9-25/h4-7,10,12,23H,2-3,8-9,11H2,1H3,(H,24,26). The van der Waals surface area contributed by atoms with Crippen LogP contribution in [0.5, 0.6) is 0 Å². The number of carbonyl (C=O) groups is 1. The van der Waals surface area contributed by atoms with Gasteiger partial charge in [-0.15, -0.1) is 0 Å². The highest BCUT2D eigenvalue weighted by atomic mass is 79.9. The Morgan fingerprint density at radius 2 is 2.08 bits per heavy atom. The van der Waals surface area contributed by atoms with Crippen LogP contribution in [-0.4, -0.2) is 29.0 Å². The van der Waals surface area contributed by atoms with Crippen molar-refractivity contribution in [3.8, 4) is 0 Å². The average molecular weight is 413 g/mol. The molecule has 3 heterocycles. The topological polar surface area (TPSA) is 61.0 Å². The highest BCUT2D eigenvalue weighted by Crippen LogP contribution is 2.26. The van der Waals surface area contributed by atoms with Crippen molar-refractivity contribution in [1.29, 1.82) is 0 Å². The van der Waals surface area contributed by atoms with E-state index < -0.39 is 0 Å². The summed E-state index contributed by atoms with van der Waals surface area (Å²) in [5.41, 5.74) is 3.83. The molecule has 1 fully saturated rings. The van der Waals surface area contributed by atoms with E-state index in [1.54, 1.807) is 6.20 Å². The molecule has 1 aromatic carbocycles. The van der Waals surface area contributed by atoms with Gasteiger partial charge in [0.25, 0.3) is 0 Å². The third kappa shape index (κ3) is 3.46. The highest BCUT2D eigenvalue weighted by Gasteiger charge is 2.15. The van der Waals surface area contributed by atoms with E-state index >= 15 is 0 Å². The number of fused-ring (bicyclic) bond motifs is 1. The number of pyridine rings is 1. The molecule has 6 heteroatoms. The molecule has 4 rings (SSSR count). The number of H-pyrrole nitrogens is 1. The Morgan fingerprint density at radius 3 is 2.81 bits per heavy atom. The van der Waals surface area contributed by atoms with Gasteiger partial charge in [-0.25, -0.2) is 4.98 Å². The molecule has 26 heavy (non-hydrogen) atoms. The van der Waals surface area contributed by atoms with Crippen LogP contribution in [0.15, 0.2) is 41.0 Å². The van der Waals surface area contributed by atoms with Gasteiger partial charge in [-0.2, -0.15) is 0 Å². The molecule has 1 saturated heterocycles. The molecule has 134 valence electrons. The maximum absolute atomic E-state index is 12.5. The summed E-state index contributed by atoms with van der Waals surface area (Å²) in [4.78, 5) is 22.6. The smallest absolute Gasteiger partial charge is 0.228 e. The Balaban J connectivity index is 1.47. The van der Waals surface area contributed by atoms with Gasteiger partial charge >= 0.3 is 0 Å². The van der Waals surface area contributed by atoms with Crippen LogP contribution in [0.4, 0.5) is 11.5 Å². The average Bonchev–Trinajstić information content (AvgIpc) is 3.25. The van der Waals surface area contributed by atoms with E-state index in [9.17, 15) is 4.79 Å². The minimum absolute atomic E-state index is 0.0373.